The highest BCUT2D eigenvalue weighted by atomic mass is 32.2. The second-order valence-electron chi connectivity index (χ2n) is 5.59. The van der Waals surface area contributed by atoms with Crippen LogP contribution in [0.5, 0.6) is 0 Å². The third-order valence-corrected chi connectivity index (χ3v) is 4.48. The molecule has 0 amide bonds. The van der Waals surface area contributed by atoms with Gasteiger partial charge in [0.15, 0.2) is 0 Å². The Kier molecular flexibility index (Phi) is 6.70. The summed E-state index contributed by atoms with van der Waals surface area (Å²) >= 11 is 1.63. The SMILES string of the molecule is C(#Cc1ccc(SNCc2ccncc2)cc1)CCc1ccccc1. The lowest BCUT2D eigenvalue weighted by atomic mass is 10.1. The Labute approximate surface area is 153 Å². The molecule has 0 spiro atoms. The van der Waals surface area contributed by atoms with Crippen molar-refractivity contribution in [1.82, 2.24) is 9.71 Å². The van der Waals surface area contributed by atoms with Gasteiger partial charge in [-0.25, -0.2) is 0 Å². The molecule has 0 aliphatic carbocycles. The van der Waals surface area contributed by atoms with E-state index in [1.54, 1.807) is 11.9 Å². The van der Waals surface area contributed by atoms with Crippen LogP contribution in [-0.2, 0) is 13.0 Å². The normalized spacial score (nSPS) is 10.1. The molecule has 124 valence electrons. The number of hydrogen-bond acceptors (Lipinski definition) is 3. The van der Waals surface area contributed by atoms with E-state index >= 15 is 0 Å². The predicted molar refractivity (Wildman–Crippen MR) is 105 cm³/mol. The van der Waals surface area contributed by atoms with Crippen molar-refractivity contribution in [2.45, 2.75) is 24.3 Å². The monoisotopic (exact) mass is 344 g/mol. The van der Waals surface area contributed by atoms with Crippen LogP contribution in [0.15, 0.2) is 84.0 Å². The Balaban J connectivity index is 1.43. The Bertz CT molecular complexity index is 819. The van der Waals surface area contributed by atoms with Crippen LogP contribution in [0.3, 0.4) is 0 Å². The highest BCUT2D eigenvalue weighted by Gasteiger charge is 1.95. The summed E-state index contributed by atoms with van der Waals surface area (Å²) in [6, 6.07) is 22.9. The zero-order chi connectivity index (χ0) is 17.2. The van der Waals surface area contributed by atoms with E-state index in [2.05, 4.69) is 70.1 Å². The molecule has 0 saturated heterocycles. The number of aryl methyl sites for hydroxylation is 1. The third kappa shape index (κ3) is 6.11. The smallest absolute Gasteiger partial charge is 0.0314 e. The highest BCUT2D eigenvalue weighted by Crippen LogP contribution is 2.15. The summed E-state index contributed by atoms with van der Waals surface area (Å²) in [5.74, 6) is 6.49. The maximum Gasteiger partial charge on any atom is 0.0314 e. The second kappa shape index (κ2) is 9.68. The molecule has 0 bridgehead atoms. The van der Waals surface area contributed by atoms with Gasteiger partial charge in [-0.3, -0.25) is 9.71 Å². The Morgan fingerprint density at radius 2 is 1.60 bits per heavy atom. The van der Waals surface area contributed by atoms with Crippen molar-refractivity contribution in [3.63, 3.8) is 0 Å². The molecule has 2 nitrogen and oxygen atoms in total. The molecule has 2 aromatic carbocycles. The fraction of sp³-hybridized carbons (Fsp3) is 0.136. The molecule has 0 unspecified atom stereocenters. The summed E-state index contributed by atoms with van der Waals surface area (Å²) in [6.07, 6.45) is 5.51. The minimum absolute atomic E-state index is 0.814. The van der Waals surface area contributed by atoms with Crippen molar-refractivity contribution >= 4 is 11.9 Å². The van der Waals surface area contributed by atoms with Crippen molar-refractivity contribution in [1.29, 1.82) is 0 Å². The summed E-state index contributed by atoms with van der Waals surface area (Å²) in [7, 11) is 0. The quantitative estimate of drug-likeness (QED) is 0.510. The van der Waals surface area contributed by atoms with E-state index in [0.717, 1.165) is 24.9 Å². The number of hydrogen-bond donors (Lipinski definition) is 1. The molecule has 25 heavy (non-hydrogen) atoms. The van der Waals surface area contributed by atoms with Gasteiger partial charge < -0.3 is 0 Å². The van der Waals surface area contributed by atoms with E-state index in [0.29, 0.717) is 0 Å². The van der Waals surface area contributed by atoms with Crippen LogP contribution in [-0.4, -0.2) is 4.98 Å². The summed E-state index contributed by atoms with van der Waals surface area (Å²) < 4.78 is 3.36. The molecule has 0 fully saturated rings. The van der Waals surface area contributed by atoms with Crippen molar-refractivity contribution in [2.75, 3.05) is 0 Å². The van der Waals surface area contributed by atoms with Gasteiger partial charge in [0.05, 0.1) is 0 Å². The maximum absolute atomic E-state index is 4.02. The average molecular weight is 344 g/mol. The molecule has 0 aliphatic rings. The highest BCUT2D eigenvalue weighted by molar-refractivity contribution is 7.97. The molecular formula is C22H20N2S. The van der Waals surface area contributed by atoms with Crippen LogP contribution < -0.4 is 4.72 Å². The molecule has 3 aromatic rings. The first kappa shape index (κ1) is 17.3. The first-order valence-corrected chi connectivity index (χ1v) is 9.13. The summed E-state index contributed by atoms with van der Waals surface area (Å²) in [5.41, 5.74) is 3.62. The van der Waals surface area contributed by atoms with Crippen molar-refractivity contribution in [3.05, 3.63) is 95.8 Å². The fourth-order valence-corrected chi connectivity index (χ4v) is 3.00. The minimum atomic E-state index is 0.814. The number of aromatic nitrogens is 1. The van der Waals surface area contributed by atoms with E-state index < -0.39 is 0 Å². The van der Waals surface area contributed by atoms with Gasteiger partial charge in [-0.1, -0.05) is 42.2 Å². The molecule has 0 radical (unpaired) electrons. The first-order valence-electron chi connectivity index (χ1n) is 8.31. The van der Waals surface area contributed by atoms with Crippen LogP contribution in [0, 0.1) is 11.8 Å². The molecule has 1 heterocycles. The van der Waals surface area contributed by atoms with E-state index in [9.17, 15) is 0 Å². The summed E-state index contributed by atoms with van der Waals surface area (Å²) in [5, 5.41) is 0. The van der Waals surface area contributed by atoms with Gasteiger partial charge in [-0.05, 0) is 65.9 Å². The Morgan fingerprint density at radius 1 is 0.840 bits per heavy atom. The molecule has 0 atom stereocenters. The number of benzene rings is 2. The fourth-order valence-electron chi connectivity index (χ4n) is 2.33. The van der Waals surface area contributed by atoms with Gasteiger partial charge in [0.25, 0.3) is 0 Å². The second-order valence-corrected chi connectivity index (χ2v) is 6.55. The zero-order valence-corrected chi connectivity index (χ0v) is 14.8. The van der Waals surface area contributed by atoms with E-state index in [4.69, 9.17) is 0 Å². The molecule has 3 heteroatoms. The molecule has 3 rings (SSSR count). The number of rotatable bonds is 6. The maximum atomic E-state index is 4.02. The van der Waals surface area contributed by atoms with E-state index in [-0.39, 0.29) is 0 Å². The number of pyridine rings is 1. The Morgan fingerprint density at radius 3 is 2.36 bits per heavy atom. The predicted octanol–water partition coefficient (Wildman–Crippen LogP) is 4.86. The lowest BCUT2D eigenvalue weighted by Crippen LogP contribution is -2.02. The standard InChI is InChI=1S/C22H20N2S/c1-2-6-19(7-3-1)8-4-5-9-20-10-12-22(13-11-20)25-24-18-21-14-16-23-17-15-21/h1-3,6-7,10-17,24H,4,8,18H2. The van der Waals surface area contributed by atoms with Gasteiger partial charge >= 0.3 is 0 Å². The van der Waals surface area contributed by atoms with Crippen LogP contribution in [0.25, 0.3) is 0 Å². The van der Waals surface area contributed by atoms with Crippen LogP contribution in [0.2, 0.25) is 0 Å². The van der Waals surface area contributed by atoms with E-state index in [1.165, 1.54) is 16.0 Å². The van der Waals surface area contributed by atoms with Gasteiger partial charge in [0, 0.05) is 35.8 Å². The Hall–Kier alpha value is -2.54. The molecule has 0 aliphatic heterocycles. The van der Waals surface area contributed by atoms with E-state index in [1.807, 2.05) is 30.6 Å². The molecule has 1 aromatic heterocycles. The van der Waals surface area contributed by atoms with Crippen LogP contribution >= 0.6 is 11.9 Å². The number of nitrogens with zero attached hydrogens (tertiary/aromatic N) is 1. The summed E-state index contributed by atoms with van der Waals surface area (Å²) in [4.78, 5) is 5.21. The van der Waals surface area contributed by atoms with Gasteiger partial charge in [0.1, 0.15) is 0 Å². The molecule has 1 N–H and O–H groups in total. The number of nitrogens with one attached hydrogen (secondary N) is 1. The van der Waals surface area contributed by atoms with Gasteiger partial charge in [-0.15, -0.1) is 0 Å². The lowest BCUT2D eigenvalue weighted by Gasteiger charge is -2.04. The third-order valence-electron chi connectivity index (χ3n) is 3.68. The molecular weight excluding hydrogens is 324 g/mol. The topological polar surface area (TPSA) is 24.9 Å². The van der Waals surface area contributed by atoms with Crippen molar-refractivity contribution < 1.29 is 0 Å². The van der Waals surface area contributed by atoms with Gasteiger partial charge in [-0.2, -0.15) is 0 Å². The largest absolute Gasteiger partial charge is 0.265 e. The molecule has 0 saturated carbocycles. The lowest BCUT2D eigenvalue weighted by molar-refractivity contribution is 0.969. The van der Waals surface area contributed by atoms with Crippen LogP contribution in [0.1, 0.15) is 23.1 Å². The van der Waals surface area contributed by atoms with Crippen LogP contribution in [0.4, 0.5) is 0 Å². The van der Waals surface area contributed by atoms with Gasteiger partial charge in [0.2, 0.25) is 0 Å². The minimum Gasteiger partial charge on any atom is -0.265 e. The van der Waals surface area contributed by atoms with Crippen molar-refractivity contribution in [2.24, 2.45) is 0 Å². The average Bonchev–Trinajstić information content (AvgIpc) is 2.68. The van der Waals surface area contributed by atoms with Crippen molar-refractivity contribution in [3.8, 4) is 11.8 Å². The first-order chi connectivity index (χ1) is 12.4. The summed E-state index contributed by atoms with van der Waals surface area (Å²) in [6.45, 7) is 0.814. The zero-order valence-electron chi connectivity index (χ0n) is 14.0.